The first-order chi connectivity index (χ1) is 9.01. The van der Waals surface area contributed by atoms with Crippen molar-refractivity contribution in [3.8, 4) is 0 Å². The van der Waals surface area contributed by atoms with Crippen molar-refractivity contribution >= 4 is 34.5 Å². The molecule has 0 amide bonds. The molecule has 0 unspecified atom stereocenters. The first kappa shape index (κ1) is 13.3. The predicted octanol–water partition coefficient (Wildman–Crippen LogP) is 2.34. The van der Waals surface area contributed by atoms with E-state index in [-0.39, 0.29) is 5.89 Å². The predicted molar refractivity (Wildman–Crippen MR) is 71.1 cm³/mol. The quantitative estimate of drug-likeness (QED) is 0.623. The number of ether oxygens (including phenoxy) is 1. The van der Waals surface area contributed by atoms with Gasteiger partial charge in [0.25, 0.3) is 0 Å². The second kappa shape index (κ2) is 5.24. The van der Waals surface area contributed by atoms with E-state index in [1.165, 1.54) is 19.3 Å². The normalized spacial score (nSPS) is 11.1. The highest BCUT2D eigenvalue weighted by Crippen LogP contribution is 2.20. The highest BCUT2D eigenvalue weighted by molar-refractivity contribution is 6.31. The third-order valence-electron chi connectivity index (χ3n) is 2.47. The summed E-state index contributed by atoms with van der Waals surface area (Å²) in [4.78, 5) is 26.9. The Kier molecular flexibility index (Phi) is 3.66. The summed E-state index contributed by atoms with van der Waals surface area (Å²) in [6.45, 7) is 1.79. The largest absolute Gasteiger partial charge is 0.466 e. The molecule has 0 aliphatic rings. The molecule has 0 bridgehead atoms. The van der Waals surface area contributed by atoms with Gasteiger partial charge in [-0.05, 0) is 24.6 Å². The fourth-order valence-corrected chi connectivity index (χ4v) is 1.87. The van der Waals surface area contributed by atoms with Gasteiger partial charge in [-0.2, -0.15) is 0 Å². The zero-order valence-corrected chi connectivity index (χ0v) is 11.0. The molecule has 0 spiro atoms. The number of aryl methyl sites for hydroxylation is 1. The Bertz CT molecular complexity index is 733. The first-order valence-corrected chi connectivity index (χ1v) is 5.76. The number of hydrogen-bond acceptors (Lipinski definition) is 5. The summed E-state index contributed by atoms with van der Waals surface area (Å²) in [5, 5.41) is 0.747. The lowest BCUT2D eigenvalue weighted by atomic mass is 10.1. The van der Waals surface area contributed by atoms with Gasteiger partial charge in [0.05, 0.1) is 18.0 Å². The molecule has 0 saturated carbocycles. The van der Waals surface area contributed by atoms with Gasteiger partial charge in [-0.3, -0.25) is 0 Å². The number of halogens is 1. The average Bonchev–Trinajstić information content (AvgIpc) is 2.37. The maximum atomic E-state index is 11.8. The molecule has 6 heteroatoms. The van der Waals surface area contributed by atoms with E-state index in [0.717, 1.165) is 11.6 Å². The van der Waals surface area contributed by atoms with Crippen LogP contribution in [0.1, 0.15) is 11.5 Å². The van der Waals surface area contributed by atoms with Crippen LogP contribution >= 0.6 is 11.6 Å². The minimum Gasteiger partial charge on any atom is -0.466 e. The molecule has 0 fully saturated rings. The number of carbonyl (C=O) groups is 1. The van der Waals surface area contributed by atoms with Gasteiger partial charge >= 0.3 is 11.6 Å². The Hall–Kier alpha value is -2.14. The van der Waals surface area contributed by atoms with Gasteiger partial charge in [0.15, 0.2) is 0 Å². The number of hydrogen-bond donors (Lipinski definition) is 0. The smallest absolute Gasteiger partial charge is 0.347 e. The lowest BCUT2D eigenvalue weighted by molar-refractivity contribution is -0.134. The van der Waals surface area contributed by atoms with Gasteiger partial charge < -0.3 is 9.15 Å². The number of carbonyl (C=O) groups excluding carboxylic acids is 1. The van der Waals surface area contributed by atoms with Crippen molar-refractivity contribution in [2.45, 2.75) is 6.92 Å². The van der Waals surface area contributed by atoms with Crippen LogP contribution in [0.15, 0.2) is 27.4 Å². The maximum Gasteiger partial charge on any atom is 0.347 e. The number of methoxy groups -OCH3 is 1. The van der Waals surface area contributed by atoms with Crippen LogP contribution in [0.4, 0.5) is 0 Å². The topological polar surface area (TPSA) is 69.4 Å². The second-order valence-corrected chi connectivity index (χ2v) is 4.25. The van der Waals surface area contributed by atoms with E-state index in [0.29, 0.717) is 15.9 Å². The monoisotopic (exact) mass is 279 g/mol. The van der Waals surface area contributed by atoms with Crippen LogP contribution in [-0.4, -0.2) is 18.1 Å². The maximum absolute atomic E-state index is 11.8. The van der Waals surface area contributed by atoms with Crippen LogP contribution < -0.4 is 5.63 Å². The van der Waals surface area contributed by atoms with Crippen molar-refractivity contribution in [1.82, 2.24) is 4.98 Å². The van der Waals surface area contributed by atoms with Crippen molar-refractivity contribution in [2.24, 2.45) is 0 Å². The summed E-state index contributed by atoms with van der Waals surface area (Å²) >= 11 is 5.87. The average molecular weight is 280 g/mol. The molecule has 19 heavy (non-hydrogen) atoms. The van der Waals surface area contributed by atoms with Crippen molar-refractivity contribution in [3.63, 3.8) is 0 Å². The SMILES string of the molecule is COC(=O)C=Cc1nc2c(C)cc(Cl)cc2c(=O)o1. The molecule has 1 aromatic carbocycles. The molecule has 0 radical (unpaired) electrons. The highest BCUT2D eigenvalue weighted by Gasteiger charge is 2.08. The summed E-state index contributed by atoms with van der Waals surface area (Å²) in [6.07, 6.45) is 2.41. The lowest BCUT2D eigenvalue weighted by Crippen LogP contribution is -2.04. The van der Waals surface area contributed by atoms with Gasteiger partial charge in [-0.1, -0.05) is 11.6 Å². The zero-order valence-electron chi connectivity index (χ0n) is 10.3. The van der Waals surface area contributed by atoms with Gasteiger partial charge in [-0.15, -0.1) is 0 Å². The Balaban J connectivity index is 2.59. The molecule has 0 aliphatic heterocycles. The zero-order chi connectivity index (χ0) is 14.0. The summed E-state index contributed by atoms with van der Waals surface area (Å²) in [6, 6.07) is 3.20. The first-order valence-electron chi connectivity index (χ1n) is 5.38. The summed E-state index contributed by atoms with van der Waals surface area (Å²) in [7, 11) is 1.25. The van der Waals surface area contributed by atoms with Gasteiger partial charge in [-0.25, -0.2) is 14.6 Å². The number of benzene rings is 1. The van der Waals surface area contributed by atoms with E-state index >= 15 is 0 Å². The lowest BCUT2D eigenvalue weighted by Gasteiger charge is -2.02. The molecule has 1 aromatic heterocycles. The second-order valence-electron chi connectivity index (χ2n) is 3.81. The molecule has 2 aromatic rings. The van der Waals surface area contributed by atoms with Crippen LogP contribution in [0, 0.1) is 6.92 Å². The van der Waals surface area contributed by atoms with Crippen LogP contribution in [0.3, 0.4) is 0 Å². The van der Waals surface area contributed by atoms with Crippen molar-refractivity contribution in [2.75, 3.05) is 7.11 Å². The van der Waals surface area contributed by atoms with E-state index < -0.39 is 11.6 Å². The minimum absolute atomic E-state index is 0.0355. The van der Waals surface area contributed by atoms with Crippen LogP contribution in [-0.2, 0) is 9.53 Å². The number of esters is 1. The van der Waals surface area contributed by atoms with E-state index in [4.69, 9.17) is 16.0 Å². The fourth-order valence-electron chi connectivity index (χ4n) is 1.60. The molecule has 0 saturated heterocycles. The van der Waals surface area contributed by atoms with Gasteiger partial charge in [0.1, 0.15) is 0 Å². The Morgan fingerprint density at radius 1 is 1.47 bits per heavy atom. The van der Waals surface area contributed by atoms with Crippen LogP contribution in [0.25, 0.3) is 17.0 Å². The molecule has 2 rings (SSSR count). The summed E-state index contributed by atoms with van der Waals surface area (Å²) in [5.74, 6) is -0.523. The fraction of sp³-hybridized carbons (Fsp3) is 0.154. The van der Waals surface area contributed by atoms with E-state index in [2.05, 4.69) is 9.72 Å². The highest BCUT2D eigenvalue weighted by atomic mass is 35.5. The third-order valence-corrected chi connectivity index (χ3v) is 2.69. The standard InChI is InChI=1S/C13H10ClNO4/c1-7-5-8(14)6-9-12(7)15-10(19-13(9)17)3-4-11(16)18-2/h3-6H,1-2H3. The molecule has 0 N–H and O–H groups in total. The van der Waals surface area contributed by atoms with E-state index in [1.807, 2.05) is 0 Å². The van der Waals surface area contributed by atoms with Crippen LogP contribution in [0.2, 0.25) is 5.02 Å². The Labute approximate surface area is 113 Å². The Morgan fingerprint density at radius 3 is 2.89 bits per heavy atom. The molecular formula is C13H10ClNO4. The van der Waals surface area contributed by atoms with E-state index in [9.17, 15) is 9.59 Å². The van der Waals surface area contributed by atoms with Crippen molar-refractivity contribution < 1.29 is 13.9 Å². The minimum atomic E-state index is -0.558. The molecule has 98 valence electrons. The number of nitrogens with zero attached hydrogens (tertiary/aromatic N) is 1. The van der Waals surface area contributed by atoms with Gasteiger partial charge in [0, 0.05) is 17.2 Å². The number of fused-ring (bicyclic) bond motifs is 1. The van der Waals surface area contributed by atoms with Crippen molar-refractivity contribution in [1.29, 1.82) is 0 Å². The molecular weight excluding hydrogens is 270 g/mol. The van der Waals surface area contributed by atoms with E-state index in [1.54, 1.807) is 13.0 Å². The Morgan fingerprint density at radius 2 is 2.21 bits per heavy atom. The summed E-state index contributed by atoms with van der Waals surface area (Å²) < 4.78 is 9.41. The summed E-state index contributed by atoms with van der Waals surface area (Å²) in [5.41, 5.74) is 0.688. The number of aromatic nitrogens is 1. The molecule has 5 nitrogen and oxygen atoms in total. The molecule has 1 heterocycles. The molecule has 0 aliphatic carbocycles. The third kappa shape index (κ3) is 2.82. The van der Waals surface area contributed by atoms with Crippen molar-refractivity contribution in [3.05, 3.63) is 45.1 Å². The van der Waals surface area contributed by atoms with Crippen LogP contribution in [0.5, 0.6) is 0 Å². The van der Waals surface area contributed by atoms with Gasteiger partial charge in [0.2, 0.25) is 5.89 Å². The number of rotatable bonds is 2. The molecule has 0 atom stereocenters.